The highest BCUT2D eigenvalue weighted by molar-refractivity contribution is 5.95. The number of rotatable bonds is 3. The summed E-state index contributed by atoms with van der Waals surface area (Å²) >= 11 is 0. The quantitative estimate of drug-likeness (QED) is 0.717. The van der Waals surface area contributed by atoms with Gasteiger partial charge in [0.05, 0.1) is 19.6 Å². The molecule has 0 radical (unpaired) electrons. The van der Waals surface area contributed by atoms with Crippen LogP contribution >= 0.6 is 0 Å². The summed E-state index contributed by atoms with van der Waals surface area (Å²) in [7, 11) is 1.65. The van der Waals surface area contributed by atoms with E-state index in [1.165, 1.54) is 0 Å². The van der Waals surface area contributed by atoms with E-state index in [2.05, 4.69) is 0 Å². The average Bonchev–Trinajstić information content (AvgIpc) is 3.30. The average molecular weight is 360 g/mol. The van der Waals surface area contributed by atoms with Crippen LogP contribution in [0.4, 0.5) is 0 Å². The smallest absolute Gasteiger partial charge is 0.207 e. The molecule has 4 nitrogen and oxygen atoms in total. The standard InChI is InChI=1S/C23H20O4/c1-25-21-18(15-10-6-3-7-11-15)17(14-8-4-2-5-9-14)20(24)19-16-12-13-26-23(16)27-22(19)21/h2-11,16,23-24H,12-13H2,1H3/t16-,23+/m0/s1. The fourth-order valence-electron chi connectivity index (χ4n) is 4.21. The number of benzene rings is 3. The second-order valence-electron chi connectivity index (χ2n) is 6.86. The molecule has 2 heterocycles. The van der Waals surface area contributed by atoms with E-state index >= 15 is 0 Å². The van der Waals surface area contributed by atoms with Crippen molar-refractivity contribution < 1.29 is 19.3 Å². The summed E-state index contributed by atoms with van der Waals surface area (Å²) in [6, 6.07) is 19.9. The highest BCUT2D eigenvalue weighted by Crippen LogP contribution is 2.59. The van der Waals surface area contributed by atoms with Crippen LogP contribution in [0, 0.1) is 0 Å². The Balaban J connectivity index is 1.87. The second-order valence-corrected chi connectivity index (χ2v) is 6.86. The van der Waals surface area contributed by atoms with Crippen molar-refractivity contribution in [3.8, 4) is 39.5 Å². The topological polar surface area (TPSA) is 47.9 Å². The molecular weight excluding hydrogens is 340 g/mol. The van der Waals surface area contributed by atoms with E-state index in [4.69, 9.17) is 14.2 Å². The zero-order valence-corrected chi connectivity index (χ0v) is 15.0. The molecule has 0 saturated carbocycles. The lowest BCUT2D eigenvalue weighted by molar-refractivity contribution is -0.0347. The predicted octanol–water partition coefficient (Wildman–Crippen LogP) is 4.96. The first-order valence-corrected chi connectivity index (χ1v) is 9.15. The van der Waals surface area contributed by atoms with Crippen molar-refractivity contribution in [2.45, 2.75) is 18.6 Å². The molecule has 2 aliphatic rings. The fraction of sp³-hybridized carbons (Fsp3) is 0.217. The van der Waals surface area contributed by atoms with E-state index < -0.39 is 0 Å². The minimum Gasteiger partial charge on any atom is -0.507 e. The zero-order valence-electron chi connectivity index (χ0n) is 15.0. The van der Waals surface area contributed by atoms with E-state index in [0.29, 0.717) is 18.1 Å². The van der Waals surface area contributed by atoms with Crippen molar-refractivity contribution in [3.63, 3.8) is 0 Å². The van der Waals surface area contributed by atoms with Crippen molar-refractivity contribution in [1.29, 1.82) is 0 Å². The molecule has 0 unspecified atom stereocenters. The van der Waals surface area contributed by atoms with E-state index in [1.807, 2.05) is 60.7 Å². The number of hydrogen-bond acceptors (Lipinski definition) is 4. The van der Waals surface area contributed by atoms with Crippen molar-refractivity contribution in [3.05, 3.63) is 66.2 Å². The summed E-state index contributed by atoms with van der Waals surface area (Å²) < 4.78 is 17.6. The molecular formula is C23H20O4. The van der Waals surface area contributed by atoms with E-state index in [-0.39, 0.29) is 18.0 Å². The van der Waals surface area contributed by atoms with E-state index in [1.54, 1.807) is 7.11 Å². The molecule has 0 aromatic heterocycles. The van der Waals surface area contributed by atoms with Crippen LogP contribution in [0.15, 0.2) is 60.7 Å². The number of phenols is 1. The Bertz CT molecular complexity index is 983. The number of ether oxygens (including phenoxy) is 3. The van der Waals surface area contributed by atoms with Crippen molar-refractivity contribution in [2.75, 3.05) is 13.7 Å². The molecule has 1 saturated heterocycles. The SMILES string of the molecule is COc1c2c(c(O)c(-c3ccccc3)c1-c1ccccc1)[C@@H]1CCO[C@@H]1O2. The van der Waals surface area contributed by atoms with Crippen molar-refractivity contribution >= 4 is 0 Å². The van der Waals surface area contributed by atoms with Gasteiger partial charge in [0.25, 0.3) is 0 Å². The number of methoxy groups -OCH3 is 1. The minimum absolute atomic E-state index is 0.0289. The summed E-state index contributed by atoms with van der Waals surface area (Å²) in [6.07, 6.45) is 0.474. The van der Waals surface area contributed by atoms with Gasteiger partial charge in [-0.05, 0) is 17.5 Å². The van der Waals surface area contributed by atoms with Crippen LogP contribution in [0.2, 0.25) is 0 Å². The zero-order chi connectivity index (χ0) is 18.4. The molecule has 0 amide bonds. The van der Waals surface area contributed by atoms with Gasteiger partial charge in [-0.2, -0.15) is 0 Å². The monoisotopic (exact) mass is 360 g/mol. The molecule has 136 valence electrons. The van der Waals surface area contributed by atoms with Gasteiger partial charge in [-0.1, -0.05) is 60.7 Å². The fourth-order valence-corrected chi connectivity index (χ4v) is 4.21. The van der Waals surface area contributed by atoms with Gasteiger partial charge in [0.2, 0.25) is 6.29 Å². The highest BCUT2D eigenvalue weighted by atomic mass is 16.7. The number of aromatic hydroxyl groups is 1. The molecule has 0 spiro atoms. The minimum atomic E-state index is -0.352. The molecule has 5 rings (SSSR count). The molecule has 4 heteroatoms. The Labute approximate surface area is 157 Å². The summed E-state index contributed by atoms with van der Waals surface area (Å²) in [5, 5.41) is 11.4. The van der Waals surface area contributed by atoms with Crippen molar-refractivity contribution in [1.82, 2.24) is 0 Å². The first-order chi connectivity index (χ1) is 13.3. The Morgan fingerprint density at radius 1 is 0.926 bits per heavy atom. The van der Waals surface area contributed by atoms with Gasteiger partial charge in [-0.3, -0.25) is 0 Å². The molecule has 1 fully saturated rings. The molecule has 3 aromatic carbocycles. The molecule has 2 aliphatic heterocycles. The maximum absolute atomic E-state index is 11.4. The Kier molecular flexibility index (Phi) is 3.80. The van der Waals surface area contributed by atoms with Crippen LogP contribution in [0.25, 0.3) is 22.3 Å². The van der Waals surface area contributed by atoms with Gasteiger partial charge in [0.1, 0.15) is 5.75 Å². The molecule has 1 N–H and O–H groups in total. The number of fused-ring (bicyclic) bond motifs is 3. The lowest BCUT2D eigenvalue weighted by Gasteiger charge is -2.20. The molecule has 0 bridgehead atoms. The summed E-state index contributed by atoms with van der Waals surface area (Å²) in [4.78, 5) is 0. The van der Waals surface area contributed by atoms with Crippen LogP contribution in [-0.2, 0) is 4.74 Å². The predicted molar refractivity (Wildman–Crippen MR) is 103 cm³/mol. The van der Waals surface area contributed by atoms with Crippen LogP contribution in [0.5, 0.6) is 17.2 Å². The lowest BCUT2D eigenvalue weighted by Crippen LogP contribution is -2.13. The maximum atomic E-state index is 11.4. The van der Waals surface area contributed by atoms with E-state index in [9.17, 15) is 5.11 Å². The second kappa shape index (κ2) is 6.32. The van der Waals surface area contributed by atoms with Gasteiger partial charge in [-0.15, -0.1) is 0 Å². The maximum Gasteiger partial charge on any atom is 0.207 e. The largest absolute Gasteiger partial charge is 0.507 e. The lowest BCUT2D eigenvalue weighted by atomic mass is 9.86. The number of phenolic OH excluding ortho intramolecular Hbond substituents is 1. The molecule has 2 atom stereocenters. The third kappa shape index (κ3) is 2.41. The Morgan fingerprint density at radius 2 is 1.56 bits per heavy atom. The molecule has 0 aliphatic carbocycles. The van der Waals surface area contributed by atoms with Gasteiger partial charge in [-0.25, -0.2) is 0 Å². The summed E-state index contributed by atoms with van der Waals surface area (Å²) in [5.41, 5.74) is 4.31. The van der Waals surface area contributed by atoms with Crippen LogP contribution in [0.1, 0.15) is 17.9 Å². The van der Waals surface area contributed by atoms with Crippen LogP contribution in [-0.4, -0.2) is 25.1 Å². The van der Waals surface area contributed by atoms with Crippen LogP contribution in [0.3, 0.4) is 0 Å². The Hall–Kier alpha value is -2.98. The third-order valence-corrected chi connectivity index (χ3v) is 5.39. The van der Waals surface area contributed by atoms with E-state index in [0.717, 1.165) is 34.2 Å². The van der Waals surface area contributed by atoms with Crippen molar-refractivity contribution in [2.24, 2.45) is 0 Å². The van der Waals surface area contributed by atoms with Gasteiger partial charge >= 0.3 is 0 Å². The summed E-state index contributed by atoms with van der Waals surface area (Å²) in [5.74, 6) is 1.53. The van der Waals surface area contributed by atoms with Crippen LogP contribution < -0.4 is 9.47 Å². The third-order valence-electron chi connectivity index (χ3n) is 5.39. The number of hydrogen-bond donors (Lipinski definition) is 1. The summed E-state index contributed by atoms with van der Waals surface area (Å²) in [6.45, 7) is 0.637. The van der Waals surface area contributed by atoms with Gasteiger partial charge in [0.15, 0.2) is 11.5 Å². The molecule has 3 aromatic rings. The van der Waals surface area contributed by atoms with Gasteiger partial charge in [0, 0.05) is 16.7 Å². The Morgan fingerprint density at radius 3 is 2.19 bits per heavy atom. The molecule has 27 heavy (non-hydrogen) atoms. The normalized spacial score (nSPS) is 20.0. The first-order valence-electron chi connectivity index (χ1n) is 9.15. The van der Waals surface area contributed by atoms with Gasteiger partial charge < -0.3 is 19.3 Å². The highest BCUT2D eigenvalue weighted by Gasteiger charge is 2.45. The first kappa shape index (κ1) is 16.2.